The second-order valence-corrected chi connectivity index (χ2v) is 5.88. The number of H-pyrrole nitrogens is 1. The maximum atomic E-state index is 13.0. The predicted octanol–water partition coefficient (Wildman–Crippen LogP) is 1.60. The van der Waals surface area contributed by atoms with E-state index in [0.717, 1.165) is 18.0 Å². The molecule has 0 aliphatic carbocycles. The van der Waals surface area contributed by atoms with Crippen LogP contribution in [0.4, 0.5) is 8.78 Å². The molecule has 0 aliphatic rings. The fraction of sp³-hybridized carbons (Fsp3) is 0.250. The molecule has 2 aromatic rings. The van der Waals surface area contributed by atoms with Gasteiger partial charge in [-0.1, -0.05) is 0 Å². The summed E-state index contributed by atoms with van der Waals surface area (Å²) in [5.74, 6) is -1.51. The lowest BCUT2D eigenvalue weighted by molar-refractivity contribution is 0.504. The van der Waals surface area contributed by atoms with E-state index in [1.54, 1.807) is 12.4 Å². The first-order valence-corrected chi connectivity index (χ1v) is 7.40. The highest BCUT2D eigenvalue weighted by Crippen LogP contribution is 2.13. The van der Waals surface area contributed by atoms with Crippen LogP contribution in [-0.2, 0) is 16.4 Å². The summed E-state index contributed by atoms with van der Waals surface area (Å²) >= 11 is 0. The van der Waals surface area contributed by atoms with Crippen LogP contribution in [0.15, 0.2) is 35.5 Å². The summed E-state index contributed by atoms with van der Waals surface area (Å²) in [6, 6.07) is 2.46. The van der Waals surface area contributed by atoms with Crippen molar-refractivity contribution >= 4 is 10.0 Å². The Hall–Kier alpha value is -1.80. The average molecular weight is 301 g/mol. The minimum absolute atomic E-state index is 0.183. The molecule has 0 amide bonds. The van der Waals surface area contributed by atoms with E-state index in [1.807, 2.05) is 0 Å². The van der Waals surface area contributed by atoms with E-state index in [2.05, 4.69) is 14.7 Å². The number of aromatic amines is 1. The molecule has 5 nitrogen and oxygen atoms in total. The molecule has 0 radical (unpaired) electrons. The van der Waals surface area contributed by atoms with Crippen molar-refractivity contribution in [2.45, 2.75) is 17.7 Å². The van der Waals surface area contributed by atoms with Gasteiger partial charge in [-0.25, -0.2) is 26.9 Å². The molecular weight excluding hydrogens is 288 g/mol. The van der Waals surface area contributed by atoms with E-state index in [1.165, 1.54) is 0 Å². The van der Waals surface area contributed by atoms with Gasteiger partial charge in [0.15, 0.2) is 11.6 Å². The number of rotatable bonds is 6. The van der Waals surface area contributed by atoms with Gasteiger partial charge in [-0.2, -0.15) is 0 Å². The highest BCUT2D eigenvalue weighted by molar-refractivity contribution is 7.89. The Bertz CT molecular complexity index is 672. The van der Waals surface area contributed by atoms with Crippen molar-refractivity contribution in [1.82, 2.24) is 14.7 Å². The lowest BCUT2D eigenvalue weighted by atomic mass is 10.3. The fourth-order valence-corrected chi connectivity index (χ4v) is 2.71. The largest absolute Gasteiger partial charge is 0.349 e. The number of aryl methyl sites for hydroxylation is 1. The van der Waals surface area contributed by atoms with Crippen LogP contribution in [0.5, 0.6) is 0 Å². The summed E-state index contributed by atoms with van der Waals surface area (Å²) in [6.07, 6.45) is 4.42. The molecule has 1 aromatic carbocycles. The Morgan fingerprint density at radius 3 is 2.70 bits per heavy atom. The second-order valence-electron chi connectivity index (χ2n) is 4.11. The second kappa shape index (κ2) is 6.10. The van der Waals surface area contributed by atoms with E-state index >= 15 is 0 Å². The van der Waals surface area contributed by atoms with Crippen LogP contribution in [0.25, 0.3) is 0 Å². The molecule has 0 saturated heterocycles. The van der Waals surface area contributed by atoms with Crippen molar-refractivity contribution in [3.63, 3.8) is 0 Å². The molecule has 0 unspecified atom stereocenters. The summed E-state index contributed by atoms with van der Waals surface area (Å²) in [5.41, 5.74) is 0. The Kier molecular flexibility index (Phi) is 4.46. The molecule has 0 saturated carbocycles. The van der Waals surface area contributed by atoms with Crippen molar-refractivity contribution < 1.29 is 17.2 Å². The molecule has 0 bridgehead atoms. The zero-order valence-corrected chi connectivity index (χ0v) is 11.3. The molecule has 0 fully saturated rings. The molecule has 1 aromatic heterocycles. The lowest BCUT2D eigenvalue weighted by Crippen LogP contribution is -2.25. The summed E-state index contributed by atoms with van der Waals surface area (Å²) in [6.45, 7) is 0.183. The van der Waals surface area contributed by atoms with Gasteiger partial charge >= 0.3 is 0 Å². The van der Waals surface area contributed by atoms with Crippen LogP contribution < -0.4 is 4.72 Å². The minimum Gasteiger partial charge on any atom is -0.349 e. The molecule has 2 rings (SSSR count). The number of hydrogen-bond donors (Lipinski definition) is 2. The van der Waals surface area contributed by atoms with Crippen molar-refractivity contribution in [2.24, 2.45) is 0 Å². The number of halogens is 2. The first-order valence-electron chi connectivity index (χ1n) is 5.92. The maximum Gasteiger partial charge on any atom is 0.240 e. The van der Waals surface area contributed by atoms with Gasteiger partial charge in [0.05, 0.1) is 4.90 Å². The zero-order valence-electron chi connectivity index (χ0n) is 10.4. The van der Waals surface area contributed by atoms with Crippen LogP contribution in [0.3, 0.4) is 0 Å². The standard InChI is InChI=1S/C12H13F2N3O2S/c13-10-4-3-9(8-11(10)14)20(18,19)17-5-1-2-12-15-6-7-16-12/h3-4,6-8,17H,1-2,5H2,(H,15,16). The first-order chi connectivity index (χ1) is 9.49. The molecule has 1 heterocycles. The highest BCUT2D eigenvalue weighted by Gasteiger charge is 2.15. The van der Waals surface area contributed by atoms with Gasteiger partial charge in [-0.05, 0) is 24.6 Å². The molecular formula is C12H13F2N3O2S. The number of benzene rings is 1. The summed E-state index contributed by atoms with van der Waals surface area (Å²) in [5, 5.41) is 0. The molecule has 2 N–H and O–H groups in total. The number of hydrogen-bond acceptors (Lipinski definition) is 3. The third kappa shape index (κ3) is 3.61. The van der Waals surface area contributed by atoms with Gasteiger partial charge in [-0.3, -0.25) is 0 Å². The molecule has 0 aliphatic heterocycles. The third-order valence-corrected chi connectivity index (χ3v) is 4.10. The Labute approximate surface area is 115 Å². The average Bonchev–Trinajstić information content (AvgIpc) is 2.91. The van der Waals surface area contributed by atoms with Gasteiger partial charge in [-0.15, -0.1) is 0 Å². The van der Waals surface area contributed by atoms with Crippen LogP contribution in [0.2, 0.25) is 0 Å². The van der Waals surface area contributed by atoms with Crippen molar-refractivity contribution in [2.75, 3.05) is 6.54 Å². The molecule has 108 valence electrons. The van der Waals surface area contributed by atoms with E-state index < -0.39 is 21.7 Å². The molecule has 0 atom stereocenters. The van der Waals surface area contributed by atoms with Crippen molar-refractivity contribution in [3.05, 3.63) is 48.1 Å². The molecule has 0 spiro atoms. The lowest BCUT2D eigenvalue weighted by Gasteiger charge is -2.06. The Morgan fingerprint density at radius 1 is 1.25 bits per heavy atom. The van der Waals surface area contributed by atoms with Gasteiger partial charge < -0.3 is 4.98 Å². The number of imidazole rings is 1. The van der Waals surface area contributed by atoms with Gasteiger partial charge in [0.1, 0.15) is 5.82 Å². The van der Waals surface area contributed by atoms with Crippen molar-refractivity contribution in [1.29, 1.82) is 0 Å². The van der Waals surface area contributed by atoms with Gasteiger partial charge in [0, 0.05) is 25.4 Å². The maximum absolute atomic E-state index is 13.0. The topological polar surface area (TPSA) is 74.8 Å². The van der Waals surface area contributed by atoms with Crippen LogP contribution in [0, 0.1) is 11.6 Å². The monoisotopic (exact) mass is 301 g/mol. The minimum atomic E-state index is -3.83. The SMILES string of the molecule is O=S(=O)(NCCCc1ncc[nH]1)c1ccc(F)c(F)c1. The number of aromatic nitrogens is 2. The number of nitrogens with zero attached hydrogens (tertiary/aromatic N) is 1. The zero-order chi connectivity index (χ0) is 14.6. The van der Waals surface area contributed by atoms with Crippen molar-refractivity contribution in [3.8, 4) is 0 Å². The third-order valence-electron chi connectivity index (χ3n) is 2.64. The Morgan fingerprint density at radius 2 is 2.05 bits per heavy atom. The summed E-state index contributed by atoms with van der Waals surface area (Å²) in [7, 11) is -3.83. The quantitative estimate of drug-likeness (QED) is 0.796. The molecule has 8 heteroatoms. The number of sulfonamides is 1. The summed E-state index contributed by atoms with van der Waals surface area (Å²) < 4.78 is 51.7. The fourth-order valence-electron chi connectivity index (χ4n) is 1.62. The van der Waals surface area contributed by atoms with E-state index in [4.69, 9.17) is 0 Å². The van der Waals surface area contributed by atoms with Crippen LogP contribution in [0.1, 0.15) is 12.2 Å². The summed E-state index contributed by atoms with van der Waals surface area (Å²) in [4.78, 5) is 6.61. The highest BCUT2D eigenvalue weighted by atomic mass is 32.2. The smallest absolute Gasteiger partial charge is 0.240 e. The normalized spacial score (nSPS) is 11.7. The van der Waals surface area contributed by atoms with Crippen LogP contribution >= 0.6 is 0 Å². The predicted molar refractivity (Wildman–Crippen MR) is 68.5 cm³/mol. The Balaban J connectivity index is 1.92. The van der Waals surface area contributed by atoms with E-state index in [9.17, 15) is 17.2 Å². The van der Waals surface area contributed by atoms with E-state index in [0.29, 0.717) is 18.9 Å². The first kappa shape index (κ1) is 14.6. The molecule has 20 heavy (non-hydrogen) atoms. The van der Waals surface area contributed by atoms with Gasteiger partial charge in [0.2, 0.25) is 10.0 Å². The van der Waals surface area contributed by atoms with E-state index in [-0.39, 0.29) is 11.4 Å². The van der Waals surface area contributed by atoms with Crippen LogP contribution in [-0.4, -0.2) is 24.9 Å². The number of nitrogens with one attached hydrogen (secondary N) is 2. The van der Waals surface area contributed by atoms with Gasteiger partial charge in [0.25, 0.3) is 0 Å².